The van der Waals surface area contributed by atoms with Gasteiger partial charge in [-0.05, 0) is 0 Å². The molecule has 0 nitrogen and oxygen atoms in total. The quantitative estimate of drug-likeness (QED) is 0.415. The van der Waals surface area contributed by atoms with Gasteiger partial charge in [0.25, 0.3) is 62.7 Å². The Morgan fingerprint density at radius 3 is 0.267 bits per heavy atom. The fourth-order valence-electron chi connectivity index (χ4n) is 0. The van der Waals surface area contributed by atoms with Crippen LogP contribution in [0.25, 0.3) is 0 Å². The molecule has 0 fully saturated rings. The van der Waals surface area contributed by atoms with Crippen LogP contribution in [-0.4, -0.2) is 0 Å². The summed E-state index contributed by atoms with van der Waals surface area (Å²) in [6, 6.07) is 0. The van der Waals surface area contributed by atoms with Crippen LogP contribution in [0, 0.1) is 0 Å². The second kappa shape index (κ2) is 81.2. The fourth-order valence-corrected chi connectivity index (χ4v) is 0. The van der Waals surface area contributed by atoms with Crippen molar-refractivity contribution >= 4 is 62.7 Å². The summed E-state index contributed by atoms with van der Waals surface area (Å²) in [7, 11) is 0. The summed E-state index contributed by atoms with van der Waals surface area (Å²) in [5.74, 6) is 0. The van der Waals surface area contributed by atoms with Crippen LogP contribution in [0.5, 0.6) is 0 Å². The molecule has 0 saturated carbocycles. The van der Waals surface area contributed by atoms with E-state index in [0.717, 1.165) is 0 Å². The van der Waals surface area contributed by atoms with E-state index < -0.39 is 62.7 Å². The molecule has 100 valence electrons. The molecule has 0 amide bonds. The molecule has 0 radical (unpaired) electrons. The molecule has 0 aromatic rings. The maximum atomic E-state index is 9.54. The van der Waals surface area contributed by atoms with Gasteiger partial charge in [0.15, 0.2) is 0 Å². The molecule has 0 aliphatic carbocycles. The predicted octanol–water partition coefficient (Wildman–Crippen LogP) is 7.44. The predicted molar refractivity (Wildman–Crippen MR) is 49.0 cm³/mol. The molecule has 0 bridgehead atoms. The Bertz CT molecular complexity index is 25.4. The van der Waals surface area contributed by atoms with Gasteiger partial charge in [0.05, 0.1) is 0 Å². The molecule has 0 aromatic heterocycles. The molecule has 0 spiro atoms. The minimum Gasteiger partial charge on any atom is -0.127 e. The third-order valence-corrected chi connectivity index (χ3v) is 0. The van der Waals surface area contributed by atoms with Crippen molar-refractivity contribution in [2.45, 2.75) is 0 Å². The van der Waals surface area contributed by atoms with Gasteiger partial charge in [-0.25, -0.2) is 0 Å². The van der Waals surface area contributed by atoms with E-state index in [-0.39, 0.29) is 0 Å². The zero-order valence-corrected chi connectivity index (χ0v) is 9.90. The molecule has 0 atom stereocenters. The highest BCUT2D eigenvalue weighted by Crippen LogP contribution is 1.96. The van der Waals surface area contributed by atoms with Crippen molar-refractivity contribution in [1.82, 2.24) is 0 Å². The molecule has 0 aromatic carbocycles. The van der Waals surface area contributed by atoms with Gasteiger partial charge in [-0.2, -0.15) is 0 Å². The van der Waals surface area contributed by atoms with Crippen LogP contribution < -0.4 is 0 Å². The van der Waals surface area contributed by atoms with E-state index in [1.54, 1.807) is 0 Å². The Kier molecular flexibility index (Phi) is 161. The SMILES string of the molecule is FSF.FSF.FSF.FSF.FSF. The third kappa shape index (κ3) is 2320. The Labute approximate surface area is 102 Å². The van der Waals surface area contributed by atoms with E-state index in [4.69, 9.17) is 0 Å². The van der Waals surface area contributed by atoms with Crippen molar-refractivity contribution in [3.05, 3.63) is 0 Å². The highest BCUT2D eigenvalue weighted by Gasteiger charge is 1.50. The molecule has 0 N–H and O–H groups in total. The topological polar surface area (TPSA) is 0 Å². The van der Waals surface area contributed by atoms with Gasteiger partial charge in [-0.3, -0.25) is 0 Å². The van der Waals surface area contributed by atoms with E-state index in [9.17, 15) is 38.9 Å². The number of halogens is 10. The Balaban J connectivity index is -0.0000000278. The molecule has 0 unspecified atom stereocenters. The molecule has 0 aliphatic rings. The van der Waals surface area contributed by atoms with Crippen LogP contribution in [0.3, 0.4) is 0 Å². The second-order valence-electron chi connectivity index (χ2n) is 0.292. The summed E-state index contributed by atoms with van der Waals surface area (Å²) in [5.41, 5.74) is 0. The molecule has 0 aliphatic heterocycles. The highest BCUT2D eigenvalue weighted by atomic mass is 32.2. The minimum atomic E-state index is -1.25. The zero-order valence-electron chi connectivity index (χ0n) is 5.82. The Hall–Kier alpha value is 1.05. The van der Waals surface area contributed by atoms with Gasteiger partial charge < -0.3 is 0 Å². The van der Waals surface area contributed by atoms with E-state index in [2.05, 4.69) is 0 Å². The van der Waals surface area contributed by atoms with E-state index in [1.165, 1.54) is 0 Å². The standard InChI is InChI=1S/5F2S/c5*1-3-2. The lowest BCUT2D eigenvalue weighted by molar-refractivity contribution is 0.812. The van der Waals surface area contributed by atoms with E-state index >= 15 is 0 Å². The van der Waals surface area contributed by atoms with E-state index in [1.807, 2.05) is 0 Å². The van der Waals surface area contributed by atoms with Crippen molar-refractivity contribution in [3.8, 4) is 0 Å². The summed E-state index contributed by atoms with van der Waals surface area (Å²) in [4.78, 5) is 0. The average molecular weight is 350 g/mol. The van der Waals surface area contributed by atoms with Crippen molar-refractivity contribution in [2.75, 3.05) is 0 Å². The van der Waals surface area contributed by atoms with Crippen LogP contribution in [0.4, 0.5) is 38.9 Å². The first-order valence-electron chi connectivity index (χ1n) is 1.54. The first kappa shape index (κ1) is 29.8. The van der Waals surface area contributed by atoms with Crippen LogP contribution >= 0.6 is 62.7 Å². The monoisotopic (exact) mass is 350 g/mol. The van der Waals surface area contributed by atoms with Crippen LogP contribution in [0.2, 0.25) is 0 Å². The van der Waals surface area contributed by atoms with Gasteiger partial charge in [0, 0.05) is 0 Å². The maximum Gasteiger partial charge on any atom is 0.255 e. The summed E-state index contributed by atoms with van der Waals surface area (Å²) in [5, 5.41) is 0. The molecular weight excluding hydrogens is 350 g/mol. The smallest absolute Gasteiger partial charge is 0.127 e. The minimum absolute atomic E-state index is 1.25. The fraction of sp³-hybridized carbons (Fsp3) is 0. The van der Waals surface area contributed by atoms with Gasteiger partial charge >= 0.3 is 0 Å². The molecule has 0 saturated heterocycles. The largest absolute Gasteiger partial charge is 0.255 e. The molecule has 15 heteroatoms. The summed E-state index contributed by atoms with van der Waals surface area (Å²) in [6.07, 6.45) is 0. The Morgan fingerprint density at radius 2 is 0.267 bits per heavy atom. The summed E-state index contributed by atoms with van der Waals surface area (Å²) in [6.45, 7) is 0. The lowest BCUT2D eigenvalue weighted by Crippen LogP contribution is -0.884. The van der Waals surface area contributed by atoms with Gasteiger partial charge in [-0.15, -0.1) is 38.9 Å². The van der Waals surface area contributed by atoms with Crippen molar-refractivity contribution in [3.63, 3.8) is 0 Å². The maximum absolute atomic E-state index is 9.54. The van der Waals surface area contributed by atoms with Crippen molar-refractivity contribution < 1.29 is 38.9 Å². The Morgan fingerprint density at radius 1 is 0.267 bits per heavy atom. The van der Waals surface area contributed by atoms with E-state index in [0.29, 0.717) is 0 Å². The van der Waals surface area contributed by atoms with Crippen LogP contribution in [0.1, 0.15) is 0 Å². The number of rotatable bonds is 0. The molecular formula is F10S5. The third-order valence-electron chi connectivity index (χ3n) is 0. The van der Waals surface area contributed by atoms with Gasteiger partial charge in [-0.1, -0.05) is 0 Å². The van der Waals surface area contributed by atoms with Crippen LogP contribution in [-0.2, 0) is 0 Å². The van der Waals surface area contributed by atoms with Crippen molar-refractivity contribution in [2.24, 2.45) is 0 Å². The van der Waals surface area contributed by atoms with Gasteiger partial charge in [0.2, 0.25) is 0 Å². The molecule has 15 heavy (non-hydrogen) atoms. The summed E-state index contributed by atoms with van der Waals surface area (Å²) < 4.78 is 95.4. The number of hydrogen-bond acceptors (Lipinski definition) is 5. The van der Waals surface area contributed by atoms with Crippen molar-refractivity contribution in [1.29, 1.82) is 0 Å². The second-order valence-corrected chi connectivity index (χ2v) is 0.875. The average Bonchev–Trinajstić information content (AvgIpc) is 2.09. The lowest BCUT2D eigenvalue weighted by Gasteiger charge is -1.36. The van der Waals surface area contributed by atoms with Crippen LogP contribution in [0.15, 0.2) is 0 Å². The zero-order chi connectivity index (χ0) is 13.5. The number of hydrogen-bond donors (Lipinski definition) is 0. The normalized spacial score (nSPS) is 6.00. The van der Waals surface area contributed by atoms with Gasteiger partial charge in [0.1, 0.15) is 0 Å². The molecule has 0 rings (SSSR count). The first-order chi connectivity index (χ1) is 7.07. The first-order valence-corrected chi connectivity index (χ1v) is 4.63. The lowest BCUT2D eigenvalue weighted by atomic mass is 18.8. The molecule has 0 heterocycles. The summed E-state index contributed by atoms with van der Waals surface area (Å²) >= 11 is -6.25. The highest BCUT2D eigenvalue weighted by molar-refractivity contribution is 7.89.